The van der Waals surface area contributed by atoms with E-state index in [2.05, 4.69) is 20.9 Å². The van der Waals surface area contributed by atoms with Gasteiger partial charge in [0.1, 0.15) is 11.6 Å². The van der Waals surface area contributed by atoms with E-state index in [0.717, 1.165) is 36.0 Å². The van der Waals surface area contributed by atoms with Gasteiger partial charge in [-0.1, -0.05) is 18.2 Å². The third-order valence-corrected chi connectivity index (χ3v) is 4.89. The van der Waals surface area contributed by atoms with Crippen LogP contribution in [0.5, 0.6) is 5.75 Å². The number of benzene rings is 2. The zero-order valence-electron chi connectivity index (χ0n) is 17.5. The number of ether oxygens (including phenoxy) is 1. The summed E-state index contributed by atoms with van der Waals surface area (Å²) in [5.41, 5.74) is 3.07. The van der Waals surface area contributed by atoms with Gasteiger partial charge in [0.15, 0.2) is 12.6 Å². The zero-order valence-corrected chi connectivity index (χ0v) is 17.5. The van der Waals surface area contributed by atoms with E-state index in [1.54, 1.807) is 13.1 Å². The number of halogens is 1. The fraction of sp³-hybridized carbons (Fsp3) is 0.391. The second kappa shape index (κ2) is 10.6. The van der Waals surface area contributed by atoms with E-state index in [4.69, 9.17) is 4.74 Å². The molecule has 1 saturated carbocycles. The van der Waals surface area contributed by atoms with E-state index in [-0.39, 0.29) is 18.3 Å². The van der Waals surface area contributed by atoms with E-state index in [1.165, 1.54) is 6.07 Å². The van der Waals surface area contributed by atoms with Crippen molar-refractivity contribution in [3.8, 4) is 5.75 Å². The summed E-state index contributed by atoms with van der Waals surface area (Å²) in [4.78, 5) is 16.0. The van der Waals surface area contributed by atoms with Gasteiger partial charge in [0.2, 0.25) is 0 Å². The molecule has 0 aliphatic heterocycles. The second-order valence-electron chi connectivity index (χ2n) is 7.45. The first-order chi connectivity index (χ1) is 14.5. The number of aliphatic imine (C=N–C) groups is 1. The molecule has 3 rings (SSSR count). The minimum absolute atomic E-state index is 0.0272. The molecule has 0 spiro atoms. The summed E-state index contributed by atoms with van der Waals surface area (Å²) in [6, 6.07) is 12.8. The lowest BCUT2D eigenvalue weighted by Crippen LogP contribution is -2.37. The first-order valence-electron chi connectivity index (χ1n) is 10.2. The van der Waals surface area contributed by atoms with E-state index in [9.17, 15) is 9.18 Å². The highest BCUT2D eigenvalue weighted by molar-refractivity contribution is 5.79. The molecule has 0 bridgehead atoms. The van der Waals surface area contributed by atoms with Crippen molar-refractivity contribution >= 4 is 11.9 Å². The summed E-state index contributed by atoms with van der Waals surface area (Å²) < 4.78 is 18.8. The van der Waals surface area contributed by atoms with Crippen LogP contribution in [0.4, 0.5) is 4.39 Å². The number of amides is 1. The highest BCUT2D eigenvalue weighted by atomic mass is 19.1. The maximum atomic E-state index is 13.2. The van der Waals surface area contributed by atoms with Gasteiger partial charge in [-0.3, -0.25) is 9.79 Å². The molecule has 30 heavy (non-hydrogen) atoms. The molecule has 6 nitrogen and oxygen atoms in total. The van der Waals surface area contributed by atoms with Gasteiger partial charge >= 0.3 is 0 Å². The van der Waals surface area contributed by atoms with Gasteiger partial charge in [-0.2, -0.15) is 0 Å². The number of carbonyl (C=O) groups excluding carboxylic acids is 1. The number of guanidine groups is 1. The molecular weight excluding hydrogens is 383 g/mol. The number of aryl methyl sites for hydroxylation is 1. The van der Waals surface area contributed by atoms with Crippen molar-refractivity contribution < 1.29 is 13.9 Å². The third-order valence-electron chi connectivity index (χ3n) is 4.89. The topological polar surface area (TPSA) is 74.8 Å². The van der Waals surface area contributed by atoms with Crippen molar-refractivity contribution in [3.63, 3.8) is 0 Å². The molecule has 1 aliphatic carbocycles. The van der Waals surface area contributed by atoms with Gasteiger partial charge in [0, 0.05) is 26.2 Å². The van der Waals surface area contributed by atoms with Crippen LogP contribution in [-0.2, 0) is 17.8 Å². The normalized spacial score (nSPS) is 13.6. The summed E-state index contributed by atoms with van der Waals surface area (Å²) in [7, 11) is 1.72. The number of hydrogen-bond acceptors (Lipinski definition) is 3. The van der Waals surface area contributed by atoms with Crippen molar-refractivity contribution in [1.82, 2.24) is 16.0 Å². The third kappa shape index (κ3) is 7.06. The fourth-order valence-corrected chi connectivity index (χ4v) is 3.05. The highest BCUT2D eigenvalue weighted by Gasteiger charge is 2.23. The van der Waals surface area contributed by atoms with Gasteiger partial charge < -0.3 is 20.7 Å². The Kier molecular flexibility index (Phi) is 7.65. The molecule has 3 N–H and O–H groups in total. The minimum atomic E-state index is -0.212. The Morgan fingerprint density at radius 1 is 1.20 bits per heavy atom. The molecule has 1 aliphatic rings. The van der Waals surface area contributed by atoms with Gasteiger partial charge in [-0.05, 0) is 67.1 Å². The molecule has 2 aromatic rings. The summed E-state index contributed by atoms with van der Waals surface area (Å²) in [5.74, 6) is 1.05. The van der Waals surface area contributed by atoms with Gasteiger partial charge in [-0.15, -0.1) is 0 Å². The Balaban J connectivity index is 1.42. The average molecular weight is 413 g/mol. The van der Waals surface area contributed by atoms with Crippen molar-refractivity contribution in [2.24, 2.45) is 4.99 Å². The van der Waals surface area contributed by atoms with Gasteiger partial charge in [0.05, 0.1) is 0 Å². The Bertz CT molecular complexity index is 897. The number of carbonyl (C=O) groups is 1. The number of nitrogens with zero attached hydrogens (tertiary/aromatic N) is 1. The van der Waals surface area contributed by atoms with Crippen LogP contribution in [0.3, 0.4) is 0 Å². The lowest BCUT2D eigenvalue weighted by atomic mass is 10.1. The number of rotatable bonds is 9. The molecule has 0 unspecified atom stereocenters. The maximum Gasteiger partial charge on any atom is 0.258 e. The van der Waals surface area contributed by atoms with Crippen LogP contribution in [0.1, 0.15) is 29.5 Å². The molecular formula is C23H29FN4O2. The van der Waals surface area contributed by atoms with E-state index in [1.807, 2.05) is 37.3 Å². The second-order valence-corrected chi connectivity index (χ2v) is 7.45. The molecule has 0 atom stereocenters. The summed E-state index contributed by atoms with van der Waals surface area (Å²) in [6.45, 7) is 3.20. The highest BCUT2D eigenvalue weighted by Crippen LogP contribution is 2.18. The lowest BCUT2D eigenvalue weighted by molar-refractivity contribution is -0.123. The lowest BCUT2D eigenvalue weighted by Gasteiger charge is -2.13. The Labute approximate surface area is 176 Å². The van der Waals surface area contributed by atoms with Crippen LogP contribution < -0.4 is 20.7 Å². The summed E-state index contributed by atoms with van der Waals surface area (Å²) >= 11 is 0. The zero-order chi connectivity index (χ0) is 21.3. The smallest absolute Gasteiger partial charge is 0.258 e. The molecule has 0 radical (unpaired) electrons. The van der Waals surface area contributed by atoms with Crippen LogP contribution >= 0.6 is 0 Å². The van der Waals surface area contributed by atoms with Crippen LogP contribution in [0.2, 0.25) is 0 Å². The summed E-state index contributed by atoms with van der Waals surface area (Å²) in [5, 5.41) is 9.44. The SMILES string of the molecule is CN=C(NCCc1ccc(F)cc1C)NCc1cccc(OCC(=O)NC2CC2)c1. The Hall–Kier alpha value is -3.09. The largest absolute Gasteiger partial charge is 0.484 e. The van der Waals surface area contributed by atoms with E-state index < -0.39 is 0 Å². The molecule has 1 fully saturated rings. The molecule has 1 amide bonds. The van der Waals surface area contributed by atoms with Crippen molar-refractivity contribution in [3.05, 3.63) is 65.0 Å². The van der Waals surface area contributed by atoms with Gasteiger partial charge in [0.25, 0.3) is 5.91 Å². The molecule has 0 aromatic heterocycles. The number of hydrogen-bond donors (Lipinski definition) is 3. The molecule has 0 saturated heterocycles. The average Bonchev–Trinajstić information content (AvgIpc) is 3.54. The van der Waals surface area contributed by atoms with Crippen molar-refractivity contribution in [2.75, 3.05) is 20.2 Å². The molecule has 7 heteroatoms. The van der Waals surface area contributed by atoms with Crippen molar-refractivity contribution in [2.45, 2.75) is 38.8 Å². The summed E-state index contributed by atoms with van der Waals surface area (Å²) in [6.07, 6.45) is 2.90. The maximum absolute atomic E-state index is 13.2. The van der Waals surface area contributed by atoms with Crippen LogP contribution in [0.25, 0.3) is 0 Å². The van der Waals surface area contributed by atoms with Gasteiger partial charge in [-0.25, -0.2) is 4.39 Å². The predicted molar refractivity (Wildman–Crippen MR) is 116 cm³/mol. The molecule has 2 aromatic carbocycles. The molecule has 0 heterocycles. The first-order valence-corrected chi connectivity index (χ1v) is 10.2. The first kappa shape index (κ1) is 21.6. The minimum Gasteiger partial charge on any atom is -0.484 e. The quantitative estimate of drug-likeness (QED) is 0.437. The Morgan fingerprint density at radius 3 is 2.77 bits per heavy atom. The standard InChI is InChI=1S/C23H29FN4O2/c1-16-12-19(24)7-6-18(16)10-11-26-23(25-2)27-14-17-4-3-5-21(13-17)30-15-22(29)28-20-8-9-20/h3-7,12-13,20H,8-11,14-15H2,1-2H3,(H,28,29)(H2,25,26,27). The Morgan fingerprint density at radius 2 is 2.03 bits per heavy atom. The fourth-order valence-electron chi connectivity index (χ4n) is 3.05. The predicted octanol–water partition coefficient (Wildman–Crippen LogP) is 2.70. The monoisotopic (exact) mass is 412 g/mol. The van der Waals surface area contributed by atoms with E-state index >= 15 is 0 Å². The van der Waals surface area contributed by atoms with Crippen LogP contribution in [0, 0.1) is 12.7 Å². The number of nitrogens with one attached hydrogen (secondary N) is 3. The van der Waals surface area contributed by atoms with Crippen molar-refractivity contribution in [1.29, 1.82) is 0 Å². The van der Waals surface area contributed by atoms with Crippen LogP contribution in [-0.4, -0.2) is 38.1 Å². The van der Waals surface area contributed by atoms with Crippen LogP contribution in [0.15, 0.2) is 47.5 Å². The van der Waals surface area contributed by atoms with E-state index in [0.29, 0.717) is 30.8 Å². The molecule has 160 valence electrons.